The van der Waals surface area contributed by atoms with Gasteiger partial charge in [0.05, 0.1) is 9.95 Å². The van der Waals surface area contributed by atoms with Crippen LogP contribution in [-0.4, -0.2) is 41.9 Å². The van der Waals surface area contributed by atoms with Gasteiger partial charge in [-0.2, -0.15) is 0 Å². The molecule has 1 aliphatic heterocycles. The quantitative estimate of drug-likeness (QED) is 0.604. The van der Waals surface area contributed by atoms with Gasteiger partial charge in [-0.15, -0.1) is 0 Å². The summed E-state index contributed by atoms with van der Waals surface area (Å²) in [5, 5.41) is 11.6. The molecule has 3 rings (SSSR count). The van der Waals surface area contributed by atoms with E-state index in [0.717, 1.165) is 6.42 Å². The van der Waals surface area contributed by atoms with Gasteiger partial charge in [0.25, 0.3) is 11.6 Å². The third kappa shape index (κ3) is 3.65. The lowest BCUT2D eigenvalue weighted by molar-refractivity contribution is -0.384. The van der Waals surface area contributed by atoms with Crippen LogP contribution in [0.25, 0.3) is 0 Å². The first-order chi connectivity index (χ1) is 12.5. The van der Waals surface area contributed by atoms with Crippen molar-refractivity contribution in [3.63, 3.8) is 0 Å². The van der Waals surface area contributed by atoms with Gasteiger partial charge in [0.15, 0.2) is 0 Å². The van der Waals surface area contributed by atoms with Crippen molar-refractivity contribution in [1.29, 1.82) is 0 Å². The van der Waals surface area contributed by atoms with Crippen LogP contribution in [0.4, 0.5) is 11.4 Å². The molecule has 1 fully saturated rings. The molecular weight excluding hydrogens is 354 g/mol. The largest absolute Gasteiger partial charge is 0.361 e. The average molecular weight is 374 g/mol. The Morgan fingerprint density at radius 3 is 2.35 bits per heavy atom. The van der Waals surface area contributed by atoms with Crippen molar-refractivity contribution in [1.82, 2.24) is 4.90 Å². The van der Waals surface area contributed by atoms with Gasteiger partial charge >= 0.3 is 0 Å². The number of nitrogens with zero attached hydrogens (tertiary/aromatic N) is 3. The van der Waals surface area contributed by atoms with Gasteiger partial charge in [0.1, 0.15) is 5.69 Å². The predicted molar refractivity (Wildman–Crippen MR) is 102 cm³/mol. The topological polar surface area (TPSA) is 66.7 Å². The Bertz CT molecular complexity index is 815. The second-order valence-electron chi connectivity index (χ2n) is 6.19. The van der Waals surface area contributed by atoms with Crippen LogP contribution in [0.3, 0.4) is 0 Å². The van der Waals surface area contributed by atoms with Crippen molar-refractivity contribution in [3.05, 3.63) is 68.7 Å². The number of benzene rings is 2. The molecule has 6 nitrogen and oxygen atoms in total. The molecule has 0 radical (unpaired) electrons. The molecule has 2 aromatic carbocycles. The van der Waals surface area contributed by atoms with E-state index < -0.39 is 4.92 Å². The number of para-hydroxylation sites is 1. The van der Waals surface area contributed by atoms with Crippen LogP contribution in [0, 0.1) is 10.1 Å². The highest BCUT2D eigenvalue weighted by Gasteiger charge is 2.28. The zero-order valence-corrected chi connectivity index (χ0v) is 15.3. The van der Waals surface area contributed by atoms with E-state index in [1.54, 1.807) is 17.0 Å². The number of anilines is 1. The maximum absolute atomic E-state index is 12.7. The fraction of sp³-hybridized carbons (Fsp3) is 0.316. The molecule has 1 saturated heterocycles. The number of piperazine rings is 1. The van der Waals surface area contributed by atoms with E-state index >= 15 is 0 Å². The monoisotopic (exact) mass is 373 g/mol. The van der Waals surface area contributed by atoms with Crippen LogP contribution in [0.5, 0.6) is 0 Å². The summed E-state index contributed by atoms with van der Waals surface area (Å²) >= 11 is 6.20. The van der Waals surface area contributed by atoms with Crippen LogP contribution < -0.4 is 4.90 Å². The zero-order chi connectivity index (χ0) is 18.7. The fourth-order valence-corrected chi connectivity index (χ4v) is 3.45. The van der Waals surface area contributed by atoms with Crippen LogP contribution in [0.2, 0.25) is 5.02 Å². The number of rotatable bonds is 4. The van der Waals surface area contributed by atoms with Crippen molar-refractivity contribution in [2.75, 3.05) is 31.1 Å². The Balaban J connectivity index is 1.71. The van der Waals surface area contributed by atoms with Crippen molar-refractivity contribution in [3.8, 4) is 0 Å². The Labute approximate surface area is 157 Å². The van der Waals surface area contributed by atoms with Crippen molar-refractivity contribution < 1.29 is 9.72 Å². The van der Waals surface area contributed by atoms with Crippen LogP contribution >= 0.6 is 11.6 Å². The molecule has 0 atom stereocenters. The van der Waals surface area contributed by atoms with Crippen molar-refractivity contribution in [2.24, 2.45) is 0 Å². The van der Waals surface area contributed by atoms with E-state index in [-0.39, 0.29) is 11.6 Å². The minimum absolute atomic E-state index is 0.00701. The van der Waals surface area contributed by atoms with Gasteiger partial charge in [0, 0.05) is 37.8 Å². The fourth-order valence-electron chi connectivity index (χ4n) is 3.16. The summed E-state index contributed by atoms with van der Waals surface area (Å²) in [7, 11) is 0. The summed E-state index contributed by atoms with van der Waals surface area (Å²) in [6.07, 6.45) is 0.934. The van der Waals surface area contributed by atoms with Gasteiger partial charge in [-0.1, -0.05) is 36.7 Å². The lowest BCUT2D eigenvalue weighted by atomic mass is 10.1. The van der Waals surface area contributed by atoms with Crippen molar-refractivity contribution in [2.45, 2.75) is 13.3 Å². The minimum Gasteiger partial charge on any atom is -0.361 e. The summed E-state index contributed by atoms with van der Waals surface area (Å²) in [6.45, 7) is 4.07. The first-order valence-electron chi connectivity index (χ1n) is 8.57. The molecule has 7 heteroatoms. The maximum atomic E-state index is 12.7. The highest BCUT2D eigenvalue weighted by Crippen LogP contribution is 2.35. The first kappa shape index (κ1) is 18.2. The number of hydrogen-bond donors (Lipinski definition) is 0. The molecule has 1 amide bonds. The Kier molecular flexibility index (Phi) is 5.42. The number of carbonyl (C=O) groups excluding carboxylic acids is 1. The zero-order valence-electron chi connectivity index (χ0n) is 14.5. The van der Waals surface area contributed by atoms with Gasteiger partial charge in [-0.3, -0.25) is 14.9 Å². The van der Waals surface area contributed by atoms with Crippen LogP contribution in [0.1, 0.15) is 22.8 Å². The number of halogens is 1. The number of amides is 1. The molecular formula is C19H20ClN3O3. The number of nitro benzene ring substituents is 1. The van der Waals surface area contributed by atoms with Crippen molar-refractivity contribution >= 4 is 28.9 Å². The maximum Gasteiger partial charge on any atom is 0.294 e. The highest BCUT2D eigenvalue weighted by molar-refractivity contribution is 6.33. The average Bonchev–Trinajstić information content (AvgIpc) is 2.67. The summed E-state index contributed by atoms with van der Waals surface area (Å²) in [5.41, 5.74) is 2.28. The standard InChI is InChI=1S/C19H20ClN3O3/c1-2-14-6-8-15(9-7-14)19(24)22-12-10-21(11-13-22)18-16(20)4-3-5-17(18)23(25)26/h3-9H,2,10-13H2,1H3. The number of hydrogen-bond acceptors (Lipinski definition) is 4. The molecule has 2 aromatic rings. The molecule has 0 spiro atoms. The smallest absolute Gasteiger partial charge is 0.294 e. The Morgan fingerprint density at radius 1 is 1.12 bits per heavy atom. The van der Waals surface area contributed by atoms with E-state index in [9.17, 15) is 14.9 Å². The molecule has 0 N–H and O–H groups in total. The molecule has 0 bridgehead atoms. The van der Waals surface area contributed by atoms with E-state index in [1.165, 1.54) is 11.6 Å². The second kappa shape index (κ2) is 7.74. The lowest BCUT2D eigenvalue weighted by Gasteiger charge is -2.36. The molecule has 0 unspecified atom stereocenters. The van der Waals surface area contributed by atoms with E-state index in [1.807, 2.05) is 29.2 Å². The normalized spacial score (nSPS) is 14.4. The van der Waals surface area contributed by atoms with Gasteiger partial charge in [-0.25, -0.2) is 0 Å². The van der Waals surface area contributed by atoms with E-state index in [4.69, 9.17) is 11.6 Å². The highest BCUT2D eigenvalue weighted by atomic mass is 35.5. The molecule has 0 aromatic heterocycles. The summed E-state index contributed by atoms with van der Waals surface area (Å²) in [6, 6.07) is 12.3. The van der Waals surface area contributed by atoms with Gasteiger partial charge in [0.2, 0.25) is 0 Å². The molecule has 1 heterocycles. The van der Waals surface area contributed by atoms with E-state index in [2.05, 4.69) is 6.92 Å². The molecule has 26 heavy (non-hydrogen) atoms. The number of aryl methyl sites for hydroxylation is 1. The summed E-state index contributed by atoms with van der Waals surface area (Å²) < 4.78 is 0. The van der Waals surface area contributed by atoms with Crippen LogP contribution in [-0.2, 0) is 6.42 Å². The first-order valence-corrected chi connectivity index (χ1v) is 8.95. The Hall–Kier alpha value is -2.60. The molecule has 0 aliphatic carbocycles. The SMILES string of the molecule is CCc1ccc(C(=O)N2CCN(c3c(Cl)cccc3[N+](=O)[O-])CC2)cc1. The molecule has 1 aliphatic rings. The number of nitro groups is 1. The number of carbonyl (C=O) groups is 1. The lowest BCUT2D eigenvalue weighted by Crippen LogP contribution is -2.49. The molecule has 0 saturated carbocycles. The third-order valence-electron chi connectivity index (χ3n) is 4.65. The van der Waals surface area contributed by atoms with Crippen LogP contribution in [0.15, 0.2) is 42.5 Å². The molecule has 136 valence electrons. The van der Waals surface area contributed by atoms with E-state index in [0.29, 0.717) is 42.5 Å². The predicted octanol–water partition coefficient (Wildman–Crippen LogP) is 3.77. The van der Waals surface area contributed by atoms with Gasteiger partial charge < -0.3 is 9.80 Å². The summed E-state index contributed by atoms with van der Waals surface area (Å²) in [4.78, 5) is 27.2. The second-order valence-corrected chi connectivity index (χ2v) is 6.60. The minimum atomic E-state index is -0.423. The summed E-state index contributed by atoms with van der Waals surface area (Å²) in [5.74, 6) is -0.0130. The van der Waals surface area contributed by atoms with Gasteiger partial charge in [-0.05, 0) is 30.2 Å². The third-order valence-corrected chi connectivity index (χ3v) is 4.96. The Morgan fingerprint density at radius 2 is 1.77 bits per heavy atom.